The minimum absolute atomic E-state index is 0.517. The third kappa shape index (κ3) is 6.76. The van der Waals surface area contributed by atoms with Gasteiger partial charge in [0.05, 0.1) is 0 Å². The van der Waals surface area contributed by atoms with Crippen molar-refractivity contribution in [2.24, 2.45) is 11.8 Å². The number of hydrogen-bond acceptors (Lipinski definition) is 1. The quantitative estimate of drug-likeness (QED) is 0.316. The summed E-state index contributed by atoms with van der Waals surface area (Å²) in [6, 6.07) is 21.6. The lowest BCUT2D eigenvalue weighted by molar-refractivity contribution is 0.427. The predicted octanol–water partition coefficient (Wildman–Crippen LogP) is 7.72. The van der Waals surface area contributed by atoms with E-state index in [4.69, 9.17) is 5.26 Å². The first-order chi connectivity index (χ1) is 17.0. The molecule has 35 heavy (non-hydrogen) atoms. The molecule has 4 rings (SSSR count). The Labute approximate surface area is 207 Å². The highest BCUT2D eigenvalue weighted by atomic mass is 19.1. The topological polar surface area (TPSA) is 23.8 Å². The fourth-order valence-electron chi connectivity index (χ4n) is 4.71. The third-order valence-corrected chi connectivity index (χ3v) is 6.97. The van der Waals surface area contributed by atoms with Crippen LogP contribution < -0.4 is 0 Å². The van der Waals surface area contributed by atoms with Gasteiger partial charge in [0.1, 0.15) is 23.3 Å². The van der Waals surface area contributed by atoms with E-state index in [0.717, 1.165) is 31.2 Å². The van der Waals surface area contributed by atoms with Gasteiger partial charge in [-0.1, -0.05) is 79.8 Å². The van der Waals surface area contributed by atoms with E-state index in [9.17, 15) is 8.78 Å². The predicted molar refractivity (Wildman–Crippen MR) is 138 cm³/mol. The van der Waals surface area contributed by atoms with E-state index < -0.39 is 17.2 Å². The molecule has 0 saturated heterocycles. The summed E-state index contributed by atoms with van der Waals surface area (Å²) in [5.41, 5.74) is 5.19. The van der Waals surface area contributed by atoms with Gasteiger partial charge in [-0.05, 0) is 90.3 Å². The maximum absolute atomic E-state index is 13.8. The molecule has 0 bridgehead atoms. The third-order valence-electron chi connectivity index (χ3n) is 6.97. The van der Waals surface area contributed by atoms with Gasteiger partial charge in [-0.2, -0.15) is 5.26 Å². The van der Waals surface area contributed by atoms with Crippen LogP contribution in [0.15, 0.2) is 85.0 Å². The lowest BCUT2D eigenvalue weighted by atomic mass is 9.84. The number of rotatable bonds is 9. The fourth-order valence-corrected chi connectivity index (χ4v) is 4.71. The number of nitrogens with zero attached hydrogens (tertiary/aromatic N) is 1. The van der Waals surface area contributed by atoms with Crippen molar-refractivity contribution in [1.29, 1.82) is 5.26 Å². The summed E-state index contributed by atoms with van der Waals surface area (Å²) < 4.78 is 27.6. The van der Waals surface area contributed by atoms with E-state index in [1.165, 1.54) is 28.8 Å². The molecule has 1 aliphatic carbocycles. The van der Waals surface area contributed by atoms with E-state index in [0.29, 0.717) is 30.2 Å². The number of nitriles is 1. The van der Waals surface area contributed by atoms with Crippen molar-refractivity contribution in [2.45, 2.75) is 45.4 Å². The van der Waals surface area contributed by atoms with E-state index in [1.807, 2.05) is 0 Å². The van der Waals surface area contributed by atoms with Crippen LogP contribution in [0.4, 0.5) is 8.78 Å². The first-order valence-corrected chi connectivity index (χ1v) is 12.4. The summed E-state index contributed by atoms with van der Waals surface area (Å²) in [5, 5.41) is 8.79. The first-order valence-electron chi connectivity index (χ1n) is 12.4. The van der Waals surface area contributed by atoms with Crippen molar-refractivity contribution in [3.63, 3.8) is 0 Å². The zero-order chi connectivity index (χ0) is 24.6. The zero-order valence-corrected chi connectivity index (χ0v) is 20.2. The van der Waals surface area contributed by atoms with Gasteiger partial charge in [0.25, 0.3) is 0 Å². The molecule has 0 heterocycles. The van der Waals surface area contributed by atoms with Crippen molar-refractivity contribution in [2.75, 3.05) is 0 Å². The Kier molecular flexibility index (Phi) is 8.27. The Bertz CT molecular complexity index is 1210. The largest absolute Gasteiger partial charge is 0.205 e. The zero-order valence-electron chi connectivity index (χ0n) is 20.2. The molecule has 2 atom stereocenters. The minimum atomic E-state index is -0.792. The molecule has 1 nitrogen and oxygen atoms in total. The molecule has 0 aliphatic heterocycles. The number of aryl methyl sites for hydroxylation is 4. The molecule has 0 spiro atoms. The van der Waals surface area contributed by atoms with E-state index in [-0.39, 0.29) is 0 Å². The average molecular weight is 468 g/mol. The molecule has 3 aromatic carbocycles. The Morgan fingerprint density at radius 3 is 1.71 bits per heavy atom. The highest BCUT2D eigenvalue weighted by Crippen LogP contribution is 2.25. The van der Waals surface area contributed by atoms with Crippen LogP contribution in [0, 0.1) is 34.8 Å². The highest BCUT2D eigenvalue weighted by molar-refractivity contribution is 5.36. The van der Waals surface area contributed by atoms with Crippen molar-refractivity contribution >= 4 is 0 Å². The van der Waals surface area contributed by atoms with E-state index >= 15 is 0 Å². The molecule has 0 radical (unpaired) electrons. The summed E-state index contributed by atoms with van der Waals surface area (Å²) in [6.45, 7) is 2.34. The molecule has 0 fully saturated rings. The Morgan fingerprint density at radius 1 is 0.771 bits per heavy atom. The Hall–Kier alpha value is -3.51. The van der Waals surface area contributed by atoms with Gasteiger partial charge in [0, 0.05) is 0 Å². The summed E-state index contributed by atoms with van der Waals surface area (Å²) >= 11 is 0. The van der Waals surface area contributed by atoms with Gasteiger partial charge in [0.15, 0.2) is 0 Å². The van der Waals surface area contributed by atoms with Gasteiger partial charge in [-0.15, -0.1) is 0 Å². The van der Waals surface area contributed by atoms with Crippen LogP contribution in [0.2, 0.25) is 0 Å². The second kappa shape index (κ2) is 11.8. The molecule has 0 saturated carbocycles. The molecular formula is C32H31F2N. The Balaban J connectivity index is 1.25. The van der Waals surface area contributed by atoms with E-state index in [1.54, 1.807) is 6.07 Å². The molecule has 0 aromatic heterocycles. The van der Waals surface area contributed by atoms with Gasteiger partial charge in [-0.3, -0.25) is 0 Å². The molecule has 3 aromatic rings. The van der Waals surface area contributed by atoms with Crippen molar-refractivity contribution < 1.29 is 8.78 Å². The molecule has 3 heteroatoms. The number of allylic oxidation sites excluding steroid dienone is 4. The second-order valence-corrected chi connectivity index (χ2v) is 9.57. The monoisotopic (exact) mass is 467 g/mol. The first kappa shape index (κ1) is 24.6. The van der Waals surface area contributed by atoms with Crippen LogP contribution in [-0.4, -0.2) is 0 Å². The SMILES string of the molecule is C[C@@H](Cc1ccc(CCc2ccc(CCc3cc(F)c(C#N)c(F)c3)cc2)cc1)C1C=CC=CC1. The normalized spacial score (nSPS) is 15.7. The minimum Gasteiger partial charge on any atom is -0.205 e. The van der Waals surface area contributed by atoms with Crippen molar-refractivity contribution in [3.05, 3.63) is 130 Å². The van der Waals surface area contributed by atoms with Gasteiger partial charge >= 0.3 is 0 Å². The summed E-state index contributed by atoms with van der Waals surface area (Å²) in [4.78, 5) is 0. The second-order valence-electron chi connectivity index (χ2n) is 9.57. The van der Waals surface area contributed by atoms with Crippen molar-refractivity contribution in [1.82, 2.24) is 0 Å². The van der Waals surface area contributed by atoms with Gasteiger partial charge in [-0.25, -0.2) is 8.78 Å². The van der Waals surface area contributed by atoms with Crippen LogP contribution in [0.1, 0.15) is 46.7 Å². The molecule has 178 valence electrons. The van der Waals surface area contributed by atoms with Crippen LogP contribution in [-0.2, 0) is 32.1 Å². The molecular weight excluding hydrogens is 436 g/mol. The summed E-state index contributed by atoms with van der Waals surface area (Å²) in [5.74, 6) is -0.317. The van der Waals surface area contributed by atoms with Crippen LogP contribution in [0.25, 0.3) is 0 Å². The summed E-state index contributed by atoms with van der Waals surface area (Å²) in [6.07, 6.45) is 14.3. The maximum atomic E-state index is 13.8. The molecule has 1 unspecified atom stereocenters. The Morgan fingerprint density at radius 2 is 1.26 bits per heavy atom. The molecule has 0 amide bonds. The van der Waals surface area contributed by atoms with E-state index in [2.05, 4.69) is 79.8 Å². The molecule has 0 N–H and O–H groups in total. The number of benzene rings is 3. The summed E-state index contributed by atoms with van der Waals surface area (Å²) in [7, 11) is 0. The standard InChI is InChI=1S/C32H31F2N/c1-23(29-5-3-2-4-6-29)19-27-16-13-26(14-17-27)12-9-24-7-10-25(11-8-24)15-18-28-20-31(33)30(22-35)32(34)21-28/h2-5,7-8,10-11,13-14,16-17,20-21,23,29H,6,9,12,15,18-19H2,1H3/t23-,29?/m0/s1. The smallest absolute Gasteiger partial charge is 0.144 e. The van der Waals surface area contributed by atoms with Gasteiger partial charge < -0.3 is 0 Å². The highest BCUT2D eigenvalue weighted by Gasteiger charge is 2.15. The van der Waals surface area contributed by atoms with Crippen molar-refractivity contribution in [3.8, 4) is 6.07 Å². The van der Waals surface area contributed by atoms with Crippen LogP contribution in [0.5, 0.6) is 0 Å². The number of halogens is 2. The average Bonchev–Trinajstić information content (AvgIpc) is 2.88. The lowest BCUT2D eigenvalue weighted by Gasteiger charge is -2.21. The fraction of sp³-hybridized carbons (Fsp3) is 0.281. The lowest BCUT2D eigenvalue weighted by Crippen LogP contribution is -2.12. The van der Waals surface area contributed by atoms with Crippen LogP contribution in [0.3, 0.4) is 0 Å². The van der Waals surface area contributed by atoms with Gasteiger partial charge in [0.2, 0.25) is 0 Å². The van der Waals surface area contributed by atoms with Crippen LogP contribution >= 0.6 is 0 Å². The number of hydrogen-bond donors (Lipinski definition) is 0. The molecule has 1 aliphatic rings. The maximum Gasteiger partial charge on any atom is 0.144 e.